The number of ether oxygens (including phenoxy) is 1. The molecule has 1 heterocycles. The molecule has 1 aromatic carbocycles. The highest BCUT2D eigenvalue weighted by Gasteiger charge is 2.41. The number of hydrogen-bond donors (Lipinski definition) is 2. The van der Waals surface area contributed by atoms with Crippen molar-refractivity contribution >= 4 is 5.97 Å². The Hall–Kier alpha value is -1.62. The fourth-order valence-corrected chi connectivity index (χ4v) is 2.44. The number of carboxylic acid groups (broad SMARTS) is 1. The molecule has 0 atom stereocenters. The van der Waals surface area contributed by atoms with Gasteiger partial charge in [-0.25, -0.2) is 4.39 Å². The Balaban J connectivity index is 2.43. The third-order valence-corrected chi connectivity index (χ3v) is 3.57. The lowest BCUT2D eigenvalue weighted by Crippen LogP contribution is -2.45. The van der Waals surface area contributed by atoms with E-state index in [1.54, 1.807) is 6.07 Å². The third-order valence-electron chi connectivity index (χ3n) is 3.57. The highest BCUT2D eigenvalue weighted by atomic mass is 19.1. The second-order valence-corrected chi connectivity index (χ2v) is 4.49. The number of aliphatic carboxylic acids is 1. The van der Waals surface area contributed by atoms with Crippen molar-refractivity contribution < 1.29 is 19.0 Å². The summed E-state index contributed by atoms with van der Waals surface area (Å²) in [6.07, 6.45) is 0.933. The molecular formula is C13H16FNO3. The monoisotopic (exact) mass is 253 g/mol. The van der Waals surface area contributed by atoms with Gasteiger partial charge in [0.1, 0.15) is 0 Å². The van der Waals surface area contributed by atoms with Crippen LogP contribution in [-0.4, -0.2) is 31.3 Å². The van der Waals surface area contributed by atoms with Gasteiger partial charge in [0.25, 0.3) is 0 Å². The highest BCUT2D eigenvalue weighted by molar-refractivity contribution is 5.81. The van der Waals surface area contributed by atoms with Crippen LogP contribution in [-0.2, 0) is 10.2 Å². The van der Waals surface area contributed by atoms with Crippen LogP contribution < -0.4 is 10.1 Å². The Kier molecular flexibility index (Phi) is 3.52. The molecule has 18 heavy (non-hydrogen) atoms. The summed E-state index contributed by atoms with van der Waals surface area (Å²) < 4.78 is 18.6. The Labute approximate surface area is 105 Å². The zero-order valence-electron chi connectivity index (χ0n) is 10.2. The van der Waals surface area contributed by atoms with Crippen molar-refractivity contribution in [2.24, 2.45) is 0 Å². The lowest BCUT2D eigenvalue weighted by Gasteiger charge is -2.34. The molecule has 1 saturated heterocycles. The Morgan fingerprint density at radius 1 is 1.44 bits per heavy atom. The first-order valence-electron chi connectivity index (χ1n) is 5.88. The Morgan fingerprint density at radius 2 is 2.11 bits per heavy atom. The predicted molar refractivity (Wildman–Crippen MR) is 64.4 cm³/mol. The average molecular weight is 253 g/mol. The summed E-state index contributed by atoms with van der Waals surface area (Å²) in [6.45, 7) is 1.25. The van der Waals surface area contributed by atoms with Gasteiger partial charge < -0.3 is 15.2 Å². The highest BCUT2D eigenvalue weighted by Crippen LogP contribution is 2.35. The maximum Gasteiger partial charge on any atom is 0.314 e. The zero-order chi connectivity index (χ0) is 13.2. The molecule has 0 unspecified atom stereocenters. The van der Waals surface area contributed by atoms with Crippen LogP contribution in [0.5, 0.6) is 5.75 Å². The number of benzene rings is 1. The molecule has 1 aliphatic heterocycles. The van der Waals surface area contributed by atoms with Crippen molar-refractivity contribution in [3.05, 3.63) is 29.6 Å². The largest absolute Gasteiger partial charge is 0.494 e. The lowest BCUT2D eigenvalue weighted by atomic mass is 9.73. The number of methoxy groups -OCH3 is 1. The maximum absolute atomic E-state index is 13.7. The van der Waals surface area contributed by atoms with Crippen LogP contribution >= 0.6 is 0 Å². The summed E-state index contributed by atoms with van der Waals surface area (Å²) in [7, 11) is 1.38. The summed E-state index contributed by atoms with van der Waals surface area (Å²) in [5.41, 5.74) is -0.479. The molecule has 0 aliphatic carbocycles. The minimum atomic E-state index is -0.988. The van der Waals surface area contributed by atoms with Gasteiger partial charge in [-0.2, -0.15) is 0 Å². The van der Waals surface area contributed by atoms with Gasteiger partial charge in [0.2, 0.25) is 0 Å². The maximum atomic E-state index is 13.7. The van der Waals surface area contributed by atoms with Gasteiger partial charge in [-0.3, -0.25) is 4.79 Å². The average Bonchev–Trinajstić information content (AvgIpc) is 2.39. The number of hydrogen-bond acceptors (Lipinski definition) is 3. The van der Waals surface area contributed by atoms with Crippen molar-refractivity contribution in [3.63, 3.8) is 0 Å². The van der Waals surface area contributed by atoms with Crippen LogP contribution in [0.3, 0.4) is 0 Å². The quantitative estimate of drug-likeness (QED) is 0.858. The van der Waals surface area contributed by atoms with Crippen molar-refractivity contribution in [1.29, 1.82) is 0 Å². The first kappa shape index (κ1) is 12.8. The van der Waals surface area contributed by atoms with Gasteiger partial charge in [0.05, 0.1) is 12.5 Å². The number of carboxylic acids is 1. The number of piperidine rings is 1. The van der Waals surface area contributed by atoms with E-state index in [4.69, 9.17) is 4.74 Å². The summed E-state index contributed by atoms with van der Waals surface area (Å²) in [5, 5.41) is 12.6. The molecule has 0 aromatic heterocycles. The standard InChI is InChI=1S/C13H16FNO3/c1-18-11-3-2-9(8-10(11)14)13(12(16)17)4-6-15-7-5-13/h2-3,8,15H,4-7H2,1H3,(H,16,17). The van der Waals surface area contributed by atoms with Gasteiger partial charge in [-0.15, -0.1) is 0 Å². The molecule has 1 aliphatic rings. The van der Waals surface area contributed by atoms with Gasteiger partial charge >= 0.3 is 5.97 Å². The van der Waals surface area contributed by atoms with E-state index in [2.05, 4.69) is 5.32 Å². The van der Waals surface area contributed by atoms with E-state index in [9.17, 15) is 14.3 Å². The van der Waals surface area contributed by atoms with Gasteiger partial charge in [0.15, 0.2) is 11.6 Å². The Morgan fingerprint density at radius 3 is 2.61 bits per heavy atom. The van der Waals surface area contributed by atoms with Crippen molar-refractivity contribution in [2.45, 2.75) is 18.3 Å². The molecule has 0 radical (unpaired) electrons. The van der Waals surface area contributed by atoms with Crippen LogP contribution in [0.1, 0.15) is 18.4 Å². The van der Waals surface area contributed by atoms with Crippen molar-refractivity contribution in [1.82, 2.24) is 5.32 Å². The van der Waals surface area contributed by atoms with Gasteiger partial charge in [-0.1, -0.05) is 6.07 Å². The smallest absolute Gasteiger partial charge is 0.314 e. The van der Waals surface area contributed by atoms with Crippen molar-refractivity contribution in [2.75, 3.05) is 20.2 Å². The fourth-order valence-electron chi connectivity index (χ4n) is 2.44. The minimum Gasteiger partial charge on any atom is -0.494 e. The van der Waals surface area contributed by atoms with E-state index in [1.807, 2.05) is 0 Å². The summed E-state index contributed by atoms with van der Waals surface area (Å²) in [5.74, 6) is -1.28. The van der Waals surface area contributed by atoms with Crippen LogP contribution in [0.15, 0.2) is 18.2 Å². The topological polar surface area (TPSA) is 58.6 Å². The number of halogens is 1. The summed E-state index contributed by atoms with van der Waals surface area (Å²) >= 11 is 0. The van der Waals surface area contributed by atoms with E-state index in [0.717, 1.165) is 0 Å². The van der Waals surface area contributed by atoms with Crippen LogP contribution in [0.2, 0.25) is 0 Å². The molecule has 0 amide bonds. The van der Waals surface area contributed by atoms with Crippen LogP contribution in [0.4, 0.5) is 4.39 Å². The number of rotatable bonds is 3. The summed E-state index contributed by atoms with van der Waals surface area (Å²) in [4.78, 5) is 11.6. The molecule has 0 saturated carbocycles. The first-order chi connectivity index (χ1) is 8.60. The summed E-state index contributed by atoms with van der Waals surface area (Å²) in [6, 6.07) is 4.40. The second-order valence-electron chi connectivity index (χ2n) is 4.49. The van der Waals surface area contributed by atoms with Crippen LogP contribution in [0, 0.1) is 5.82 Å². The molecule has 5 heteroatoms. The molecule has 2 rings (SSSR count). The fraction of sp³-hybridized carbons (Fsp3) is 0.462. The SMILES string of the molecule is COc1ccc(C2(C(=O)O)CCNCC2)cc1F. The lowest BCUT2D eigenvalue weighted by molar-refractivity contribution is -0.145. The molecule has 0 spiro atoms. The number of carbonyl (C=O) groups is 1. The van der Waals surface area contributed by atoms with E-state index in [0.29, 0.717) is 31.5 Å². The Bertz CT molecular complexity index is 456. The predicted octanol–water partition coefficient (Wildman–Crippen LogP) is 1.54. The molecule has 98 valence electrons. The molecular weight excluding hydrogens is 237 g/mol. The van der Waals surface area contributed by atoms with Gasteiger partial charge in [-0.05, 0) is 43.6 Å². The third kappa shape index (κ3) is 2.06. The number of nitrogens with one attached hydrogen (secondary N) is 1. The molecule has 4 nitrogen and oxygen atoms in total. The molecule has 2 N–H and O–H groups in total. The first-order valence-corrected chi connectivity index (χ1v) is 5.88. The molecule has 1 fully saturated rings. The van der Waals surface area contributed by atoms with Crippen LogP contribution in [0.25, 0.3) is 0 Å². The zero-order valence-corrected chi connectivity index (χ0v) is 10.2. The van der Waals surface area contributed by atoms with E-state index in [1.165, 1.54) is 19.2 Å². The van der Waals surface area contributed by atoms with E-state index in [-0.39, 0.29) is 5.75 Å². The minimum absolute atomic E-state index is 0.133. The molecule has 0 bridgehead atoms. The second kappa shape index (κ2) is 4.94. The normalized spacial score (nSPS) is 18.3. The van der Waals surface area contributed by atoms with Crippen molar-refractivity contribution in [3.8, 4) is 5.75 Å². The van der Waals surface area contributed by atoms with E-state index >= 15 is 0 Å². The van der Waals surface area contributed by atoms with Gasteiger partial charge in [0, 0.05) is 0 Å². The van der Waals surface area contributed by atoms with E-state index < -0.39 is 17.2 Å². The molecule has 1 aromatic rings.